The molecule has 0 N–H and O–H groups in total. The molecule has 1 fully saturated rings. The first-order valence-electron chi connectivity index (χ1n) is 10.8. The molecule has 4 rings (SSSR count). The number of benzene rings is 3. The molecule has 1 aliphatic heterocycles. The summed E-state index contributed by atoms with van der Waals surface area (Å²) < 4.78 is 11.5. The van der Waals surface area contributed by atoms with Crippen LogP contribution in [0.15, 0.2) is 89.8 Å². The van der Waals surface area contributed by atoms with Crippen LogP contribution in [0.2, 0.25) is 0 Å². The molecule has 0 radical (unpaired) electrons. The Morgan fingerprint density at radius 3 is 2.44 bits per heavy atom. The van der Waals surface area contributed by atoms with Crippen molar-refractivity contribution < 1.29 is 19.1 Å². The van der Waals surface area contributed by atoms with Crippen molar-refractivity contribution in [1.82, 2.24) is 4.90 Å². The highest BCUT2D eigenvalue weighted by atomic mass is 32.2. The topological polar surface area (TPSA) is 55.8 Å². The van der Waals surface area contributed by atoms with Crippen LogP contribution in [0.25, 0.3) is 6.08 Å². The van der Waals surface area contributed by atoms with E-state index < -0.39 is 12.0 Å². The van der Waals surface area contributed by atoms with Gasteiger partial charge in [-0.3, -0.25) is 9.69 Å². The van der Waals surface area contributed by atoms with Crippen molar-refractivity contribution >= 4 is 46.3 Å². The highest BCUT2D eigenvalue weighted by molar-refractivity contribution is 8.26. The van der Waals surface area contributed by atoms with Crippen LogP contribution in [0, 0.1) is 0 Å². The van der Waals surface area contributed by atoms with Crippen molar-refractivity contribution in [3.05, 3.63) is 107 Å². The summed E-state index contributed by atoms with van der Waals surface area (Å²) in [5.41, 5.74) is 2.52. The Balaban J connectivity index is 1.56. The summed E-state index contributed by atoms with van der Waals surface area (Å²) in [6.45, 7) is 2.39. The monoisotopic (exact) mass is 489 g/mol. The first kappa shape index (κ1) is 23.7. The molecule has 5 nitrogen and oxygen atoms in total. The molecule has 1 aliphatic rings. The molecule has 34 heavy (non-hydrogen) atoms. The Morgan fingerprint density at radius 2 is 1.74 bits per heavy atom. The van der Waals surface area contributed by atoms with Crippen LogP contribution < -0.4 is 4.74 Å². The first-order valence-corrected chi connectivity index (χ1v) is 12.0. The average molecular weight is 490 g/mol. The number of rotatable bonds is 8. The maximum atomic E-state index is 13.3. The number of hydrogen-bond acceptors (Lipinski definition) is 6. The molecule has 3 aromatic carbocycles. The minimum absolute atomic E-state index is 0.211. The van der Waals surface area contributed by atoms with Crippen LogP contribution >= 0.6 is 24.0 Å². The number of thioether (sulfide) groups is 1. The Hall–Kier alpha value is -3.42. The summed E-state index contributed by atoms with van der Waals surface area (Å²) >= 11 is 6.68. The second kappa shape index (κ2) is 11.1. The highest BCUT2D eigenvalue weighted by Crippen LogP contribution is 2.39. The van der Waals surface area contributed by atoms with Gasteiger partial charge in [-0.1, -0.05) is 96.8 Å². The summed E-state index contributed by atoms with van der Waals surface area (Å²) in [4.78, 5) is 27.9. The zero-order valence-corrected chi connectivity index (χ0v) is 20.2. The van der Waals surface area contributed by atoms with Gasteiger partial charge in [0.1, 0.15) is 16.7 Å². The second-order valence-electron chi connectivity index (χ2n) is 7.46. The quantitative estimate of drug-likeness (QED) is 0.227. The van der Waals surface area contributed by atoms with Crippen LogP contribution in [0.5, 0.6) is 5.75 Å². The van der Waals surface area contributed by atoms with Gasteiger partial charge < -0.3 is 9.47 Å². The summed E-state index contributed by atoms with van der Waals surface area (Å²) in [6.07, 6.45) is 1.77. The minimum Gasteiger partial charge on any atom is -0.489 e. The van der Waals surface area contributed by atoms with Crippen molar-refractivity contribution in [2.75, 3.05) is 6.61 Å². The zero-order valence-electron chi connectivity index (χ0n) is 18.5. The maximum Gasteiger partial charge on any atom is 0.333 e. The molecule has 1 unspecified atom stereocenters. The number of ether oxygens (including phenoxy) is 2. The van der Waals surface area contributed by atoms with Crippen molar-refractivity contribution in [3.8, 4) is 5.75 Å². The van der Waals surface area contributed by atoms with Crippen molar-refractivity contribution in [2.45, 2.75) is 19.6 Å². The molecule has 1 heterocycles. The molecule has 7 heteroatoms. The van der Waals surface area contributed by atoms with Crippen molar-refractivity contribution in [2.24, 2.45) is 0 Å². The number of nitrogens with zero attached hydrogens (tertiary/aromatic N) is 1. The molecule has 0 saturated carbocycles. The first-order chi connectivity index (χ1) is 16.6. The molecule has 1 amide bonds. The number of carbonyl (C=O) groups excluding carboxylic acids is 2. The molecule has 3 aromatic rings. The third-order valence-electron chi connectivity index (χ3n) is 5.11. The van der Waals surface area contributed by atoms with Gasteiger partial charge in [-0.15, -0.1) is 0 Å². The van der Waals surface area contributed by atoms with Gasteiger partial charge in [0.05, 0.1) is 11.5 Å². The summed E-state index contributed by atoms with van der Waals surface area (Å²) in [7, 11) is 0. The fourth-order valence-electron chi connectivity index (χ4n) is 3.54. The van der Waals surface area contributed by atoms with Crippen LogP contribution in [0.4, 0.5) is 0 Å². The highest BCUT2D eigenvalue weighted by Gasteiger charge is 2.42. The lowest BCUT2D eigenvalue weighted by Gasteiger charge is -2.25. The summed E-state index contributed by atoms with van der Waals surface area (Å²) in [5.74, 6) is -0.142. The van der Waals surface area contributed by atoms with E-state index in [1.54, 1.807) is 25.1 Å². The Morgan fingerprint density at radius 1 is 1.03 bits per heavy atom. The molecule has 0 spiro atoms. The van der Waals surface area contributed by atoms with E-state index >= 15 is 0 Å². The summed E-state index contributed by atoms with van der Waals surface area (Å²) in [5, 5.41) is 0. The number of hydrogen-bond donors (Lipinski definition) is 0. The van der Waals surface area contributed by atoms with E-state index in [1.807, 2.05) is 72.8 Å². The molecule has 0 aliphatic carbocycles. The lowest BCUT2D eigenvalue weighted by molar-refractivity contribution is -0.151. The van der Waals surface area contributed by atoms with E-state index in [1.165, 1.54) is 16.7 Å². The molecule has 1 saturated heterocycles. The van der Waals surface area contributed by atoms with Crippen molar-refractivity contribution in [1.29, 1.82) is 0 Å². The molecule has 1 atom stereocenters. The predicted molar refractivity (Wildman–Crippen MR) is 138 cm³/mol. The Labute approximate surface area is 208 Å². The molecular weight excluding hydrogens is 466 g/mol. The van der Waals surface area contributed by atoms with Crippen LogP contribution in [-0.2, 0) is 20.9 Å². The van der Waals surface area contributed by atoms with E-state index in [2.05, 4.69) is 0 Å². The van der Waals surface area contributed by atoms with Gasteiger partial charge in [-0.05, 0) is 41.8 Å². The Bertz CT molecular complexity index is 1210. The normalized spacial score (nSPS) is 15.4. The van der Waals surface area contributed by atoms with Gasteiger partial charge in [-0.25, -0.2) is 4.79 Å². The molecule has 0 bridgehead atoms. The standard InChI is InChI=1S/C27H23NO4S2/c1-2-31-26(30)24(21-13-7-4-8-14-21)28-25(29)23(34-27(28)33)17-20-12-9-15-22(16-20)32-18-19-10-5-3-6-11-19/h3-17,24H,2,18H2,1H3/b23-17-. The van der Waals surface area contributed by atoms with Gasteiger partial charge in [0, 0.05) is 0 Å². The number of amides is 1. The maximum absolute atomic E-state index is 13.3. The van der Waals surface area contributed by atoms with Gasteiger partial charge in [-0.2, -0.15) is 0 Å². The van der Waals surface area contributed by atoms with Gasteiger partial charge >= 0.3 is 5.97 Å². The molecule has 0 aromatic heterocycles. The van der Waals surface area contributed by atoms with Crippen LogP contribution in [-0.4, -0.2) is 27.7 Å². The van der Waals surface area contributed by atoms with Crippen molar-refractivity contribution in [3.63, 3.8) is 0 Å². The van der Waals surface area contributed by atoms with Gasteiger partial charge in [0.25, 0.3) is 5.91 Å². The SMILES string of the molecule is CCOC(=O)C(c1ccccc1)N1C(=O)/C(=C/c2cccc(OCc3ccccc3)c2)SC1=S. The van der Waals surface area contributed by atoms with E-state index in [0.717, 1.165) is 11.1 Å². The minimum atomic E-state index is -0.930. The third kappa shape index (κ3) is 5.55. The average Bonchev–Trinajstić information content (AvgIpc) is 3.12. The lowest BCUT2D eigenvalue weighted by atomic mass is 10.1. The van der Waals surface area contributed by atoms with Gasteiger partial charge in [0.2, 0.25) is 0 Å². The number of thiocarbonyl (C=S) groups is 1. The zero-order chi connectivity index (χ0) is 23.9. The van der Waals surface area contributed by atoms with Crippen LogP contribution in [0.1, 0.15) is 29.7 Å². The summed E-state index contributed by atoms with van der Waals surface area (Å²) in [6, 6.07) is 25.5. The van der Waals surface area contributed by atoms with E-state index in [0.29, 0.717) is 27.1 Å². The van der Waals surface area contributed by atoms with E-state index in [4.69, 9.17) is 21.7 Å². The van der Waals surface area contributed by atoms with E-state index in [-0.39, 0.29) is 12.5 Å². The lowest BCUT2D eigenvalue weighted by Crippen LogP contribution is -2.38. The fraction of sp³-hybridized carbons (Fsp3) is 0.148. The van der Waals surface area contributed by atoms with E-state index in [9.17, 15) is 9.59 Å². The van der Waals surface area contributed by atoms with Crippen LogP contribution in [0.3, 0.4) is 0 Å². The molecular formula is C27H23NO4S2. The number of esters is 1. The smallest absolute Gasteiger partial charge is 0.333 e. The fourth-order valence-corrected chi connectivity index (χ4v) is 4.85. The number of carbonyl (C=O) groups is 2. The largest absolute Gasteiger partial charge is 0.489 e. The third-order valence-corrected chi connectivity index (χ3v) is 6.44. The molecule has 172 valence electrons. The van der Waals surface area contributed by atoms with Gasteiger partial charge in [0.15, 0.2) is 6.04 Å². The Kier molecular flexibility index (Phi) is 7.77. The predicted octanol–water partition coefficient (Wildman–Crippen LogP) is 5.77. The second-order valence-corrected chi connectivity index (χ2v) is 9.14.